The maximum atomic E-state index is 12.6. The van der Waals surface area contributed by atoms with Gasteiger partial charge in [-0.05, 0) is 61.2 Å². The van der Waals surface area contributed by atoms with E-state index in [1.807, 2.05) is 42.6 Å². The monoisotopic (exact) mass is 385 g/mol. The Morgan fingerprint density at radius 1 is 1.07 bits per heavy atom. The molecule has 2 aromatic carbocycles. The fraction of sp³-hybridized carbons (Fsp3) is 0.174. The molecule has 5 rings (SSSR count). The van der Waals surface area contributed by atoms with Crippen molar-refractivity contribution < 1.29 is 4.79 Å². The van der Waals surface area contributed by atoms with Crippen LogP contribution in [0.4, 0.5) is 0 Å². The van der Waals surface area contributed by atoms with Gasteiger partial charge in [-0.1, -0.05) is 36.0 Å². The molecule has 1 aliphatic carbocycles. The highest BCUT2D eigenvalue weighted by Gasteiger charge is 2.31. The highest BCUT2D eigenvalue weighted by Crippen LogP contribution is 2.34. The summed E-state index contributed by atoms with van der Waals surface area (Å²) in [4.78, 5) is 25.2. The van der Waals surface area contributed by atoms with Crippen molar-refractivity contribution in [2.24, 2.45) is 0 Å². The minimum atomic E-state index is -0.0899. The van der Waals surface area contributed by atoms with Crippen LogP contribution in [0.5, 0.6) is 0 Å². The zero-order chi connectivity index (χ0) is 19.3. The second-order valence-electron chi connectivity index (χ2n) is 7.26. The predicted molar refractivity (Wildman–Crippen MR) is 113 cm³/mol. The van der Waals surface area contributed by atoms with Gasteiger partial charge >= 0.3 is 0 Å². The Labute approximate surface area is 167 Å². The number of carbonyl (C=O) groups is 1. The van der Waals surface area contributed by atoms with Crippen LogP contribution in [0, 0.1) is 13.8 Å². The van der Waals surface area contributed by atoms with Crippen molar-refractivity contribution in [1.82, 2.24) is 15.0 Å². The summed E-state index contributed by atoms with van der Waals surface area (Å²) in [7, 11) is 0. The van der Waals surface area contributed by atoms with Crippen LogP contribution in [-0.4, -0.2) is 26.0 Å². The van der Waals surface area contributed by atoms with Crippen molar-refractivity contribution in [2.45, 2.75) is 30.5 Å². The average Bonchev–Trinajstić information content (AvgIpc) is 3.24. The minimum Gasteiger partial charge on any atom is -0.338 e. The van der Waals surface area contributed by atoms with E-state index in [1.165, 1.54) is 22.9 Å². The molecule has 0 fully saturated rings. The van der Waals surface area contributed by atoms with Crippen LogP contribution in [0.15, 0.2) is 59.8 Å². The minimum absolute atomic E-state index is 0.0899. The number of aromatic amines is 1. The summed E-state index contributed by atoms with van der Waals surface area (Å²) in [5, 5.41) is 0.769. The Hall–Kier alpha value is -2.92. The highest BCUT2D eigenvalue weighted by molar-refractivity contribution is 8.00. The van der Waals surface area contributed by atoms with Crippen LogP contribution in [0.25, 0.3) is 22.4 Å². The van der Waals surface area contributed by atoms with E-state index in [4.69, 9.17) is 4.98 Å². The van der Waals surface area contributed by atoms with Gasteiger partial charge in [-0.2, -0.15) is 0 Å². The van der Waals surface area contributed by atoms with Gasteiger partial charge in [0, 0.05) is 17.3 Å². The van der Waals surface area contributed by atoms with E-state index >= 15 is 0 Å². The molecule has 0 bridgehead atoms. The first-order valence-corrected chi connectivity index (χ1v) is 10.2. The number of benzene rings is 2. The van der Waals surface area contributed by atoms with Gasteiger partial charge in [0.05, 0.1) is 21.3 Å². The second-order valence-corrected chi connectivity index (χ2v) is 8.48. The number of rotatable bonds is 3. The quantitative estimate of drug-likeness (QED) is 0.530. The number of imidazole rings is 1. The topological polar surface area (TPSA) is 58.6 Å². The number of nitrogens with zero attached hydrogens (tertiary/aromatic N) is 2. The highest BCUT2D eigenvalue weighted by atomic mass is 32.2. The molecule has 0 amide bonds. The second kappa shape index (κ2) is 6.60. The average molecular weight is 385 g/mol. The van der Waals surface area contributed by atoms with Gasteiger partial charge < -0.3 is 4.98 Å². The molecule has 5 heteroatoms. The number of ketones is 1. The fourth-order valence-electron chi connectivity index (χ4n) is 3.64. The van der Waals surface area contributed by atoms with Gasteiger partial charge in [0.15, 0.2) is 5.78 Å². The Kier molecular flexibility index (Phi) is 4.05. The van der Waals surface area contributed by atoms with Gasteiger partial charge in [0.2, 0.25) is 0 Å². The van der Waals surface area contributed by atoms with E-state index in [-0.39, 0.29) is 11.0 Å². The first-order chi connectivity index (χ1) is 13.6. The van der Waals surface area contributed by atoms with Crippen LogP contribution in [0.2, 0.25) is 0 Å². The molecule has 0 spiro atoms. The van der Waals surface area contributed by atoms with Crippen molar-refractivity contribution >= 4 is 28.6 Å². The Balaban J connectivity index is 1.37. The van der Waals surface area contributed by atoms with Gasteiger partial charge in [-0.15, -0.1) is 0 Å². The summed E-state index contributed by atoms with van der Waals surface area (Å²) in [6, 6.07) is 16.1. The molecule has 4 aromatic rings. The lowest BCUT2D eigenvalue weighted by molar-refractivity contribution is 0.1000. The van der Waals surface area contributed by atoms with Crippen molar-refractivity contribution in [2.75, 3.05) is 0 Å². The molecule has 0 radical (unpaired) electrons. The number of thioether (sulfide) groups is 1. The number of aryl methyl sites for hydroxylation is 2. The maximum Gasteiger partial charge on any atom is 0.176 e. The molecule has 138 valence electrons. The van der Waals surface area contributed by atoms with Crippen molar-refractivity contribution in [3.63, 3.8) is 0 Å². The lowest BCUT2D eigenvalue weighted by Crippen LogP contribution is -2.11. The molecular weight excluding hydrogens is 366 g/mol. The number of fused-ring (bicyclic) bond motifs is 2. The zero-order valence-electron chi connectivity index (χ0n) is 15.7. The third kappa shape index (κ3) is 2.92. The summed E-state index contributed by atoms with van der Waals surface area (Å²) >= 11 is 1.54. The number of hydrogen-bond donors (Lipinski definition) is 1. The molecule has 1 atom stereocenters. The number of hydrogen-bond acceptors (Lipinski definition) is 4. The van der Waals surface area contributed by atoms with E-state index in [2.05, 4.69) is 35.9 Å². The van der Waals surface area contributed by atoms with Crippen molar-refractivity contribution in [3.8, 4) is 11.4 Å². The Morgan fingerprint density at radius 2 is 1.89 bits per heavy atom. The molecule has 0 aliphatic heterocycles. The maximum absolute atomic E-state index is 12.6. The van der Waals surface area contributed by atoms with Crippen LogP contribution in [0.1, 0.15) is 27.0 Å². The zero-order valence-corrected chi connectivity index (χ0v) is 16.5. The van der Waals surface area contributed by atoms with Gasteiger partial charge in [-0.3, -0.25) is 4.79 Å². The van der Waals surface area contributed by atoms with Gasteiger partial charge in [0.25, 0.3) is 0 Å². The standard InChI is InChI=1S/C23H19N3OS/c1-13-9-18-19(10-14(13)2)26-23(25-18)16-7-8-21(24-12-16)28-20-11-15-5-3-4-6-17(15)22(20)27/h3-10,12,20H,11H2,1-2H3,(H,25,26). The third-order valence-corrected chi connectivity index (χ3v) is 6.50. The van der Waals surface area contributed by atoms with E-state index in [0.717, 1.165) is 45.0 Å². The van der Waals surface area contributed by atoms with Crippen molar-refractivity contribution in [1.29, 1.82) is 0 Å². The van der Waals surface area contributed by atoms with Crippen molar-refractivity contribution in [3.05, 3.63) is 77.0 Å². The predicted octanol–water partition coefficient (Wildman–Crippen LogP) is 5.14. The molecule has 1 unspecified atom stereocenters. The number of pyridine rings is 1. The molecule has 0 saturated carbocycles. The third-order valence-electron chi connectivity index (χ3n) is 5.35. The van der Waals surface area contributed by atoms with Crippen LogP contribution < -0.4 is 0 Å². The lowest BCUT2D eigenvalue weighted by atomic mass is 10.1. The molecule has 4 nitrogen and oxygen atoms in total. The fourth-order valence-corrected chi connectivity index (χ4v) is 4.69. The molecule has 0 saturated heterocycles. The largest absolute Gasteiger partial charge is 0.338 e. The van der Waals surface area contributed by atoms with Crippen LogP contribution in [0.3, 0.4) is 0 Å². The van der Waals surface area contributed by atoms with Crippen LogP contribution >= 0.6 is 11.8 Å². The molecule has 1 aliphatic rings. The van der Waals surface area contributed by atoms with Crippen LogP contribution in [-0.2, 0) is 6.42 Å². The number of nitrogens with one attached hydrogen (secondary N) is 1. The van der Waals surface area contributed by atoms with E-state index < -0.39 is 0 Å². The summed E-state index contributed by atoms with van der Waals surface area (Å²) in [5.41, 5.74) is 7.40. The molecule has 28 heavy (non-hydrogen) atoms. The summed E-state index contributed by atoms with van der Waals surface area (Å²) in [6.07, 6.45) is 2.59. The summed E-state index contributed by atoms with van der Waals surface area (Å²) in [5.74, 6) is 1.02. The molecule has 2 aromatic heterocycles. The normalized spacial score (nSPS) is 15.9. The lowest BCUT2D eigenvalue weighted by Gasteiger charge is -2.07. The van der Waals surface area contributed by atoms with E-state index in [9.17, 15) is 4.79 Å². The molecular formula is C23H19N3OS. The van der Waals surface area contributed by atoms with Gasteiger partial charge in [-0.25, -0.2) is 9.97 Å². The Morgan fingerprint density at radius 3 is 2.68 bits per heavy atom. The molecule has 1 N–H and O–H groups in total. The van der Waals surface area contributed by atoms with Gasteiger partial charge in [0.1, 0.15) is 5.82 Å². The number of Topliss-reactive ketones (excluding diaryl/α,β-unsaturated/α-hetero) is 1. The summed E-state index contributed by atoms with van der Waals surface area (Å²) in [6.45, 7) is 4.20. The smallest absolute Gasteiger partial charge is 0.176 e. The summed E-state index contributed by atoms with van der Waals surface area (Å²) < 4.78 is 0. The number of H-pyrrole nitrogens is 1. The number of aromatic nitrogens is 3. The first kappa shape index (κ1) is 17.2. The molecule has 2 heterocycles. The first-order valence-electron chi connectivity index (χ1n) is 9.30. The van der Waals surface area contributed by atoms with E-state index in [0.29, 0.717) is 0 Å². The van der Waals surface area contributed by atoms with E-state index in [1.54, 1.807) is 0 Å². The number of carbonyl (C=O) groups excluding carboxylic acids is 1. The Bertz CT molecular complexity index is 1170. The SMILES string of the molecule is Cc1cc2nc(-c3ccc(SC4Cc5ccccc5C4=O)nc3)[nH]c2cc1C.